The first-order chi connectivity index (χ1) is 6.65. The summed E-state index contributed by atoms with van der Waals surface area (Å²) >= 11 is 0. The minimum atomic E-state index is -0.945. The number of benzene rings is 1. The fourth-order valence-corrected chi connectivity index (χ4v) is 1.12. The number of rotatable bonds is 4. The molecular formula is C10H12F2O2. The molecule has 0 saturated carbocycles. The van der Waals surface area contributed by atoms with Crippen molar-refractivity contribution in [2.24, 2.45) is 0 Å². The Hall–Kier alpha value is -1.00. The van der Waals surface area contributed by atoms with Crippen molar-refractivity contribution in [1.82, 2.24) is 0 Å². The monoisotopic (exact) mass is 202 g/mol. The quantitative estimate of drug-likeness (QED) is 0.809. The molecule has 0 aliphatic carbocycles. The highest BCUT2D eigenvalue weighted by Crippen LogP contribution is 2.18. The molecule has 0 aliphatic rings. The summed E-state index contributed by atoms with van der Waals surface area (Å²) in [6, 6.07) is 3.36. The van der Waals surface area contributed by atoms with Gasteiger partial charge in [0.05, 0.1) is 6.10 Å². The van der Waals surface area contributed by atoms with Gasteiger partial charge >= 0.3 is 0 Å². The number of aliphatic hydroxyl groups excluding tert-OH is 1. The zero-order valence-electron chi connectivity index (χ0n) is 7.84. The first-order valence-corrected chi connectivity index (χ1v) is 4.27. The van der Waals surface area contributed by atoms with Gasteiger partial charge in [0.15, 0.2) is 11.6 Å². The zero-order chi connectivity index (χ0) is 10.6. The molecular weight excluding hydrogens is 190 g/mol. The maximum absolute atomic E-state index is 12.7. The Morgan fingerprint density at radius 1 is 1.36 bits per heavy atom. The van der Waals surface area contributed by atoms with Gasteiger partial charge < -0.3 is 9.84 Å². The summed E-state index contributed by atoms with van der Waals surface area (Å²) in [5, 5.41) is 9.50. The summed E-state index contributed by atoms with van der Waals surface area (Å²) in [6.45, 7) is 0.375. The van der Waals surface area contributed by atoms with Crippen molar-refractivity contribution >= 4 is 0 Å². The van der Waals surface area contributed by atoms with Gasteiger partial charge in [-0.1, -0.05) is 6.07 Å². The number of aliphatic hydroxyl groups is 1. The summed E-state index contributed by atoms with van der Waals surface area (Å²) in [4.78, 5) is 0. The van der Waals surface area contributed by atoms with Crippen LogP contribution in [0.3, 0.4) is 0 Å². The van der Waals surface area contributed by atoms with E-state index >= 15 is 0 Å². The maximum Gasteiger partial charge on any atom is 0.159 e. The number of ether oxygens (including phenoxy) is 1. The van der Waals surface area contributed by atoms with Crippen LogP contribution in [-0.2, 0) is 4.74 Å². The fraction of sp³-hybridized carbons (Fsp3) is 0.400. The molecule has 0 spiro atoms. The third kappa shape index (κ3) is 2.75. The van der Waals surface area contributed by atoms with Gasteiger partial charge in [-0.25, -0.2) is 8.78 Å². The fourth-order valence-electron chi connectivity index (χ4n) is 1.12. The minimum Gasteiger partial charge on any atom is -0.388 e. The lowest BCUT2D eigenvalue weighted by molar-refractivity contribution is 0.110. The highest BCUT2D eigenvalue weighted by Gasteiger charge is 2.10. The van der Waals surface area contributed by atoms with E-state index in [0.29, 0.717) is 18.6 Å². The molecule has 78 valence electrons. The van der Waals surface area contributed by atoms with Gasteiger partial charge in [0.1, 0.15) is 0 Å². The van der Waals surface area contributed by atoms with Crippen LogP contribution in [0.5, 0.6) is 0 Å². The van der Waals surface area contributed by atoms with Crippen molar-refractivity contribution in [1.29, 1.82) is 0 Å². The predicted molar refractivity (Wildman–Crippen MR) is 47.8 cm³/mol. The normalized spacial score (nSPS) is 12.9. The number of hydrogen-bond acceptors (Lipinski definition) is 2. The lowest BCUT2D eigenvalue weighted by Gasteiger charge is -2.10. The molecule has 1 aromatic carbocycles. The third-order valence-electron chi connectivity index (χ3n) is 1.92. The Labute approximate surface area is 81.1 Å². The molecule has 0 heterocycles. The van der Waals surface area contributed by atoms with E-state index in [2.05, 4.69) is 0 Å². The highest BCUT2D eigenvalue weighted by atomic mass is 19.2. The molecule has 0 amide bonds. The summed E-state index contributed by atoms with van der Waals surface area (Å²) in [6.07, 6.45) is -0.452. The Morgan fingerprint density at radius 3 is 2.64 bits per heavy atom. The second-order valence-corrected chi connectivity index (χ2v) is 2.97. The van der Waals surface area contributed by atoms with Crippen LogP contribution < -0.4 is 0 Å². The molecule has 4 heteroatoms. The number of methoxy groups -OCH3 is 1. The second kappa shape index (κ2) is 5.02. The lowest BCUT2D eigenvalue weighted by Crippen LogP contribution is -2.02. The van der Waals surface area contributed by atoms with Crippen molar-refractivity contribution in [3.63, 3.8) is 0 Å². The molecule has 0 saturated heterocycles. The predicted octanol–water partition coefficient (Wildman–Crippen LogP) is 2.03. The molecule has 0 radical (unpaired) electrons. The smallest absolute Gasteiger partial charge is 0.159 e. The van der Waals surface area contributed by atoms with Crippen molar-refractivity contribution < 1.29 is 18.6 Å². The zero-order valence-corrected chi connectivity index (χ0v) is 7.84. The Balaban J connectivity index is 2.70. The molecule has 14 heavy (non-hydrogen) atoms. The van der Waals surface area contributed by atoms with E-state index in [-0.39, 0.29) is 0 Å². The first kappa shape index (κ1) is 11.1. The average molecular weight is 202 g/mol. The van der Waals surface area contributed by atoms with Crippen LogP contribution in [0.1, 0.15) is 18.1 Å². The van der Waals surface area contributed by atoms with Gasteiger partial charge in [0, 0.05) is 20.1 Å². The Bertz CT molecular complexity index is 302. The average Bonchev–Trinajstić information content (AvgIpc) is 2.18. The molecule has 0 aromatic heterocycles. The van der Waals surface area contributed by atoms with E-state index in [1.165, 1.54) is 13.2 Å². The number of hydrogen-bond donors (Lipinski definition) is 1. The molecule has 1 atom stereocenters. The van der Waals surface area contributed by atoms with Crippen LogP contribution in [0.15, 0.2) is 18.2 Å². The van der Waals surface area contributed by atoms with Crippen molar-refractivity contribution in [3.05, 3.63) is 35.4 Å². The highest BCUT2D eigenvalue weighted by molar-refractivity contribution is 5.19. The van der Waals surface area contributed by atoms with Crippen LogP contribution in [-0.4, -0.2) is 18.8 Å². The lowest BCUT2D eigenvalue weighted by atomic mass is 10.1. The van der Waals surface area contributed by atoms with Gasteiger partial charge in [-0.05, 0) is 17.7 Å². The van der Waals surface area contributed by atoms with Gasteiger partial charge in [-0.3, -0.25) is 0 Å². The third-order valence-corrected chi connectivity index (χ3v) is 1.92. The molecule has 1 N–H and O–H groups in total. The first-order valence-electron chi connectivity index (χ1n) is 4.27. The van der Waals surface area contributed by atoms with Gasteiger partial charge in [0.25, 0.3) is 0 Å². The Kier molecular flexibility index (Phi) is 3.98. The summed E-state index contributed by atoms with van der Waals surface area (Å²) in [5.41, 5.74) is 0.362. The molecule has 0 fully saturated rings. The summed E-state index contributed by atoms with van der Waals surface area (Å²) in [5.74, 6) is -1.85. The second-order valence-electron chi connectivity index (χ2n) is 2.97. The van der Waals surface area contributed by atoms with E-state index in [9.17, 15) is 13.9 Å². The van der Waals surface area contributed by atoms with Gasteiger partial charge in [-0.15, -0.1) is 0 Å². The van der Waals surface area contributed by atoms with Crippen LogP contribution in [0.25, 0.3) is 0 Å². The standard InChI is InChI=1S/C10H12F2O2/c1-14-5-4-10(13)7-2-3-8(11)9(12)6-7/h2-3,6,10,13H,4-5H2,1H3. The van der Waals surface area contributed by atoms with Gasteiger partial charge in [0.2, 0.25) is 0 Å². The Morgan fingerprint density at radius 2 is 2.07 bits per heavy atom. The SMILES string of the molecule is COCCC(O)c1ccc(F)c(F)c1. The van der Waals surface area contributed by atoms with Crippen LogP contribution in [0.4, 0.5) is 8.78 Å². The minimum absolute atomic E-state index is 0.362. The van der Waals surface area contributed by atoms with Gasteiger partial charge in [-0.2, -0.15) is 0 Å². The molecule has 1 unspecified atom stereocenters. The van der Waals surface area contributed by atoms with Crippen LogP contribution in [0, 0.1) is 11.6 Å². The van der Waals surface area contributed by atoms with Crippen LogP contribution >= 0.6 is 0 Å². The maximum atomic E-state index is 12.7. The molecule has 1 rings (SSSR count). The topological polar surface area (TPSA) is 29.5 Å². The largest absolute Gasteiger partial charge is 0.388 e. The molecule has 0 bridgehead atoms. The van der Waals surface area contributed by atoms with Crippen molar-refractivity contribution in [2.45, 2.75) is 12.5 Å². The summed E-state index contributed by atoms with van der Waals surface area (Å²) in [7, 11) is 1.51. The molecule has 0 aliphatic heterocycles. The van der Waals surface area contributed by atoms with E-state index < -0.39 is 17.7 Å². The van der Waals surface area contributed by atoms with Crippen molar-refractivity contribution in [3.8, 4) is 0 Å². The van der Waals surface area contributed by atoms with E-state index in [0.717, 1.165) is 12.1 Å². The molecule has 1 aromatic rings. The van der Waals surface area contributed by atoms with Crippen molar-refractivity contribution in [2.75, 3.05) is 13.7 Å². The molecule has 2 nitrogen and oxygen atoms in total. The van der Waals surface area contributed by atoms with Crippen LogP contribution in [0.2, 0.25) is 0 Å². The van der Waals surface area contributed by atoms with E-state index in [4.69, 9.17) is 4.74 Å². The summed E-state index contributed by atoms with van der Waals surface area (Å²) < 4.78 is 30.0. The number of halogens is 2. The van der Waals surface area contributed by atoms with E-state index in [1.807, 2.05) is 0 Å². The van der Waals surface area contributed by atoms with E-state index in [1.54, 1.807) is 0 Å².